The minimum Gasteiger partial charge on any atom is -0.271 e. The van der Waals surface area contributed by atoms with Crippen LogP contribution in [0.3, 0.4) is 0 Å². The predicted molar refractivity (Wildman–Crippen MR) is 58.8 cm³/mol. The average molecular weight is 234 g/mol. The van der Waals surface area contributed by atoms with Crippen LogP contribution in [0.4, 0.5) is 0 Å². The molecule has 0 fully saturated rings. The van der Waals surface area contributed by atoms with Crippen molar-refractivity contribution in [1.29, 1.82) is 0 Å². The Bertz CT molecular complexity index is 359. The third kappa shape index (κ3) is 4.19. The lowest BCUT2D eigenvalue weighted by atomic mass is 10.1. The van der Waals surface area contributed by atoms with E-state index in [1.54, 1.807) is 11.3 Å². The van der Waals surface area contributed by atoms with E-state index in [9.17, 15) is 8.42 Å². The molecule has 6 heteroatoms. The van der Waals surface area contributed by atoms with Gasteiger partial charge < -0.3 is 0 Å². The second-order valence-corrected chi connectivity index (χ2v) is 6.26. The maximum absolute atomic E-state index is 11.0. The quantitative estimate of drug-likeness (QED) is 0.562. The molecule has 0 saturated heterocycles. The van der Waals surface area contributed by atoms with E-state index < -0.39 is 9.84 Å². The van der Waals surface area contributed by atoms with Crippen LogP contribution >= 0.6 is 11.3 Å². The number of nitrogens with one attached hydrogen (secondary N) is 1. The maximum Gasteiger partial charge on any atom is 0.149 e. The van der Waals surface area contributed by atoms with Crippen molar-refractivity contribution in [2.75, 3.05) is 12.0 Å². The van der Waals surface area contributed by atoms with E-state index in [0.717, 1.165) is 5.56 Å². The Balaban J connectivity index is 2.56. The highest BCUT2D eigenvalue weighted by Gasteiger charge is 2.14. The molecule has 0 aliphatic heterocycles. The summed E-state index contributed by atoms with van der Waals surface area (Å²) in [6.07, 6.45) is 1.86. The molecule has 4 nitrogen and oxygen atoms in total. The highest BCUT2D eigenvalue weighted by molar-refractivity contribution is 7.90. The zero-order chi connectivity index (χ0) is 10.6. The van der Waals surface area contributed by atoms with Crippen LogP contribution < -0.4 is 11.3 Å². The molecule has 0 bridgehead atoms. The van der Waals surface area contributed by atoms with Crippen LogP contribution in [0.1, 0.15) is 5.56 Å². The predicted octanol–water partition coefficient (Wildman–Crippen LogP) is 0.167. The van der Waals surface area contributed by atoms with Gasteiger partial charge in [-0.25, -0.2) is 8.42 Å². The molecule has 14 heavy (non-hydrogen) atoms. The van der Waals surface area contributed by atoms with Crippen LogP contribution in [0, 0.1) is 0 Å². The van der Waals surface area contributed by atoms with Gasteiger partial charge in [0.15, 0.2) is 0 Å². The number of nitrogens with two attached hydrogens (primary N) is 1. The molecule has 1 aromatic rings. The summed E-state index contributed by atoms with van der Waals surface area (Å²) in [5, 5.41) is 3.95. The second kappa shape index (κ2) is 4.88. The molecule has 1 unspecified atom stereocenters. The summed E-state index contributed by atoms with van der Waals surface area (Å²) in [7, 11) is -2.98. The Morgan fingerprint density at radius 3 is 2.79 bits per heavy atom. The van der Waals surface area contributed by atoms with Gasteiger partial charge in [0, 0.05) is 12.3 Å². The third-order valence-electron chi connectivity index (χ3n) is 1.80. The summed E-state index contributed by atoms with van der Waals surface area (Å²) >= 11 is 1.59. The van der Waals surface area contributed by atoms with E-state index >= 15 is 0 Å². The molecule has 0 aromatic carbocycles. The Hall–Kier alpha value is -0.430. The van der Waals surface area contributed by atoms with Gasteiger partial charge in [0.25, 0.3) is 0 Å². The number of hydrogen-bond donors (Lipinski definition) is 2. The summed E-state index contributed by atoms with van der Waals surface area (Å²) in [4.78, 5) is 0. The van der Waals surface area contributed by atoms with Crippen molar-refractivity contribution >= 4 is 21.2 Å². The first-order valence-electron chi connectivity index (χ1n) is 4.16. The summed E-state index contributed by atoms with van der Waals surface area (Å²) in [5.41, 5.74) is 3.63. The largest absolute Gasteiger partial charge is 0.271 e. The minimum atomic E-state index is -2.98. The third-order valence-corrected chi connectivity index (χ3v) is 3.54. The zero-order valence-electron chi connectivity index (χ0n) is 7.93. The number of hydrazine groups is 1. The molecule has 1 heterocycles. The first-order valence-corrected chi connectivity index (χ1v) is 7.16. The number of sulfone groups is 1. The summed E-state index contributed by atoms with van der Waals surface area (Å²) < 4.78 is 22.1. The minimum absolute atomic E-state index is 0.0688. The van der Waals surface area contributed by atoms with Gasteiger partial charge in [-0.1, -0.05) is 0 Å². The van der Waals surface area contributed by atoms with Crippen molar-refractivity contribution in [2.45, 2.75) is 12.5 Å². The molecule has 0 amide bonds. The zero-order valence-corrected chi connectivity index (χ0v) is 9.57. The van der Waals surface area contributed by atoms with Crippen LogP contribution in [-0.4, -0.2) is 26.5 Å². The Morgan fingerprint density at radius 2 is 2.36 bits per heavy atom. The lowest BCUT2D eigenvalue weighted by Gasteiger charge is -2.13. The van der Waals surface area contributed by atoms with Gasteiger partial charge in [-0.3, -0.25) is 11.3 Å². The van der Waals surface area contributed by atoms with Crippen LogP contribution in [0.15, 0.2) is 16.8 Å². The van der Waals surface area contributed by atoms with Crippen molar-refractivity contribution in [3.63, 3.8) is 0 Å². The van der Waals surface area contributed by atoms with E-state index in [4.69, 9.17) is 5.84 Å². The standard InChI is InChI=1S/C8H14N2O2S2/c1-14(11,12)6-8(10-9)4-7-2-3-13-5-7/h2-3,5,8,10H,4,6,9H2,1H3. The van der Waals surface area contributed by atoms with Crippen molar-refractivity contribution < 1.29 is 8.42 Å². The molecule has 0 radical (unpaired) electrons. The number of thiophene rings is 1. The van der Waals surface area contributed by atoms with Crippen molar-refractivity contribution in [3.05, 3.63) is 22.4 Å². The van der Waals surface area contributed by atoms with Gasteiger partial charge in [-0.15, -0.1) is 0 Å². The van der Waals surface area contributed by atoms with Gasteiger partial charge in [0.05, 0.1) is 5.75 Å². The van der Waals surface area contributed by atoms with Gasteiger partial charge in [-0.2, -0.15) is 11.3 Å². The fourth-order valence-electron chi connectivity index (χ4n) is 1.22. The molecule has 1 aromatic heterocycles. The van der Waals surface area contributed by atoms with E-state index in [1.807, 2.05) is 16.8 Å². The molecule has 80 valence electrons. The van der Waals surface area contributed by atoms with Gasteiger partial charge in [0.1, 0.15) is 9.84 Å². The SMILES string of the molecule is CS(=O)(=O)CC(Cc1ccsc1)NN. The highest BCUT2D eigenvalue weighted by atomic mass is 32.2. The summed E-state index contributed by atoms with van der Waals surface area (Å²) in [5.74, 6) is 5.35. The summed E-state index contributed by atoms with van der Waals surface area (Å²) in [6.45, 7) is 0. The fraction of sp³-hybridized carbons (Fsp3) is 0.500. The molecule has 0 saturated carbocycles. The van der Waals surface area contributed by atoms with Crippen LogP contribution in [-0.2, 0) is 16.3 Å². The molecule has 0 aliphatic carbocycles. The molecule has 1 rings (SSSR count). The van der Waals surface area contributed by atoms with Gasteiger partial charge in [0.2, 0.25) is 0 Å². The monoisotopic (exact) mass is 234 g/mol. The summed E-state index contributed by atoms with van der Waals surface area (Å²) in [6, 6.07) is 1.76. The smallest absolute Gasteiger partial charge is 0.149 e. The fourth-order valence-corrected chi connectivity index (χ4v) is 2.85. The van der Waals surface area contributed by atoms with Gasteiger partial charge >= 0.3 is 0 Å². The first kappa shape index (κ1) is 11.6. The van der Waals surface area contributed by atoms with E-state index in [-0.39, 0.29) is 11.8 Å². The Kier molecular flexibility index (Phi) is 4.06. The number of hydrogen-bond acceptors (Lipinski definition) is 5. The Labute approximate surface area is 88.0 Å². The van der Waals surface area contributed by atoms with Crippen LogP contribution in [0.25, 0.3) is 0 Å². The van der Waals surface area contributed by atoms with Crippen LogP contribution in [0.2, 0.25) is 0 Å². The molecule has 0 aliphatic rings. The highest BCUT2D eigenvalue weighted by Crippen LogP contribution is 2.09. The molecular formula is C8H14N2O2S2. The molecule has 3 N–H and O–H groups in total. The van der Waals surface area contributed by atoms with Crippen molar-refractivity contribution in [1.82, 2.24) is 5.43 Å². The average Bonchev–Trinajstić information content (AvgIpc) is 2.53. The maximum atomic E-state index is 11.0. The Morgan fingerprint density at radius 1 is 1.64 bits per heavy atom. The molecular weight excluding hydrogens is 220 g/mol. The molecule has 0 spiro atoms. The van der Waals surface area contributed by atoms with Crippen molar-refractivity contribution in [2.24, 2.45) is 5.84 Å². The van der Waals surface area contributed by atoms with E-state index in [2.05, 4.69) is 5.43 Å². The lowest BCUT2D eigenvalue weighted by Crippen LogP contribution is -2.41. The van der Waals surface area contributed by atoms with Gasteiger partial charge in [-0.05, 0) is 28.8 Å². The van der Waals surface area contributed by atoms with Crippen LogP contribution in [0.5, 0.6) is 0 Å². The topological polar surface area (TPSA) is 72.2 Å². The second-order valence-electron chi connectivity index (χ2n) is 3.29. The van der Waals surface area contributed by atoms with E-state index in [0.29, 0.717) is 6.42 Å². The van der Waals surface area contributed by atoms with Crippen molar-refractivity contribution in [3.8, 4) is 0 Å². The number of rotatable bonds is 5. The molecule has 1 atom stereocenters. The first-order chi connectivity index (χ1) is 6.51. The normalized spacial score (nSPS) is 14.1. The lowest BCUT2D eigenvalue weighted by molar-refractivity contribution is 0.546. The van der Waals surface area contributed by atoms with E-state index in [1.165, 1.54) is 6.26 Å².